The Bertz CT molecular complexity index is 3330. The summed E-state index contributed by atoms with van der Waals surface area (Å²) in [6, 6.07) is -1.56. The summed E-state index contributed by atoms with van der Waals surface area (Å²) in [5, 5.41) is 38.2. The van der Waals surface area contributed by atoms with Crippen molar-refractivity contribution >= 4 is 55.7 Å². The van der Waals surface area contributed by atoms with Crippen molar-refractivity contribution in [1.29, 1.82) is 5.26 Å². The molecule has 0 aromatic rings. The first-order valence-corrected chi connectivity index (χ1v) is 41.0. The first-order chi connectivity index (χ1) is 52.8. The summed E-state index contributed by atoms with van der Waals surface area (Å²) in [6.07, 6.45) is 0.634. The van der Waals surface area contributed by atoms with E-state index < -0.39 is 124 Å². The van der Waals surface area contributed by atoms with Crippen LogP contribution in [0.4, 0.5) is 9.59 Å². The number of cyclic esters (lactones) is 4. The van der Waals surface area contributed by atoms with Crippen LogP contribution < -0.4 is 40.6 Å². The van der Waals surface area contributed by atoms with Crippen LogP contribution in [-0.4, -0.2) is 275 Å². The average molecular weight is 1670 g/mol. The summed E-state index contributed by atoms with van der Waals surface area (Å²) in [4.78, 5) is 75.3. The van der Waals surface area contributed by atoms with Gasteiger partial charge in [-0.1, -0.05) is 51.8 Å². The van der Waals surface area contributed by atoms with Crippen LogP contribution in [-0.2, 0) is 80.4 Å². The van der Waals surface area contributed by atoms with Crippen LogP contribution in [0, 0.1) is 35.5 Å². The summed E-state index contributed by atoms with van der Waals surface area (Å²) in [6.45, 7) is 43.4. The van der Waals surface area contributed by atoms with Crippen LogP contribution in [0.1, 0.15) is 203 Å². The Balaban J connectivity index is 0.000000939. The van der Waals surface area contributed by atoms with Gasteiger partial charge in [0.25, 0.3) is 0 Å². The van der Waals surface area contributed by atoms with Gasteiger partial charge in [0.1, 0.15) is 29.1 Å². The second-order valence-electron chi connectivity index (χ2n) is 33.1. The largest absolute Gasteiger partial charge is 1.00 e. The van der Waals surface area contributed by atoms with Gasteiger partial charge in [-0.05, 0) is 185 Å². The molecule has 115 heavy (non-hydrogen) atoms. The van der Waals surface area contributed by atoms with E-state index in [-0.39, 0.29) is 109 Å². The number of amides is 2. The summed E-state index contributed by atoms with van der Waals surface area (Å²) in [7, 11) is 10.8. The maximum atomic E-state index is 13.2. The molecule has 6 rings (SSSR count). The van der Waals surface area contributed by atoms with Gasteiger partial charge in [0, 0.05) is 128 Å². The fourth-order valence-electron chi connectivity index (χ4n) is 16.5. The first-order valence-electron chi connectivity index (χ1n) is 39.3. The molecule has 0 bridgehead atoms. The molecule has 0 aromatic heterocycles. The number of aliphatic hydroxyl groups excluding tert-OH is 2. The van der Waals surface area contributed by atoms with Gasteiger partial charge >= 0.3 is 53.7 Å². The van der Waals surface area contributed by atoms with Crippen molar-refractivity contribution in [2.45, 2.75) is 333 Å². The molecule has 0 aromatic carbocycles. The number of carbonyl (C=O) groups is 5. The smallest absolute Gasteiger partial charge is 0.512 e. The minimum absolute atomic E-state index is 0. The molecule has 6 unspecified atom stereocenters. The molecule has 4 fully saturated rings. The molecular weight excluding hydrogens is 1540 g/mol. The minimum Gasteiger partial charge on any atom is -0.512 e. The summed E-state index contributed by atoms with van der Waals surface area (Å²) >= 11 is 0. The zero-order valence-electron chi connectivity index (χ0n) is 73.4. The molecule has 6 heterocycles. The average Bonchev–Trinajstić information content (AvgIpc) is 1.70. The van der Waals surface area contributed by atoms with E-state index in [2.05, 4.69) is 32.3 Å². The van der Waals surface area contributed by atoms with E-state index in [0.717, 1.165) is 6.29 Å². The van der Waals surface area contributed by atoms with Gasteiger partial charge in [-0.25, -0.2) is 19.2 Å². The molecule has 4 saturated heterocycles. The second kappa shape index (κ2) is 48.5. The van der Waals surface area contributed by atoms with E-state index in [1.807, 2.05) is 107 Å². The number of methoxy groups -OCH3 is 2. The maximum absolute atomic E-state index is 13.2. The van der Waals surface area contributed by atoms with E-state index in [1.54, 1.807) is 86.3 Å². The Morgan fingerprint density at radius 2 is 1.03 bits per heavy atom. The van der Waals surface area contributed by atoms with E-state index >= 15 is 0 Å². The van der Waals surface area contributed by atoms with Crippen LogP contribution in [0.25, 0.3) is 20.9 Å². The number of hydrogen-bond acceptors (Lipinski definition) is 28. The normalized spacial score (nSPS) is 29.4. The minimum atomic E-state index is -1.20. The van der Waals surface area contributed by atoms with E-state index in [0.29, 0.717) is 120 Å². The molecule has 0 saturated carbocycles. The fraction of sp³-hybridized carbons (Fsp3) is 0.870. The predicted molar refractivity (Wildman–Crippen MR) is 428 cm³/mol. The Morgan fingerprint density at radius 3 is 1.37 bits per heavy atom. The topological polar surface area (TPSA) is 443 Å². The second-order valence-corrected chi connectivity index (χ2v) is 34.7. The number of unbranched alkanes of at least 4 members (excludes halogenated alkanes) is 2. The first kappa shape index (κ1) is 108. The number of aliphatic hydroxyl groups is 2. The SMILES string of the molecule is CC[C@@H](O)[C@@]1(C)OC(=O)N(CCCCN=[N+]=[N-])[C@@H]1[C@@H](C)N.CC[C@@H](O)[C@@]1(C)OC(=O)N(CCCCN=[N+]=[N-])[C@@H]1[C@@H](C)NC[C@H](C)C[C@@](C)(OC)[C@H](O[C@@H]1OC(C)CC(N(C)C)C1P=O)[C@@H](C)C1=C(C)C(=O)OC(C)(C)O1.CO[C@](C)(C[C@@H](C)C=O)[C@H](O[C@@H]1OC(C)CC(N(C)C)C1P=O)[C@@H](C)C1=C(C)C(=O)OC(C)(C)O1.[B].[C-]#N.[Na+]. The molecule has 34 nitrogen and oxygen atoms in total. The maximum Gasteiger partial charge on any atom is 1.00 e. The molecule has 2 amide bonds. The van der Waals surface area contributed by atoms with Gasteiger partial charge in [0.05, 0.1) is 71.1 Å². The van der Waals surface area contributed by atoms with Crippen LogP contribution in [0.3, 0.4) is 0 Å². The predicted octanol–water partition coefficient (Wildman–Crippen LogP) is 8.61. The number of nitrogens with two attached hydrogens (primary N) is 1. The number of azide groups is 2. The molecule has 6 aliphatic heterocycles. The Kier molecular flexibility index (Phi) is 45.6. The van der Waals surface area contributed by atoms with Gasteiger partial charge in [-0.3, -0.25) is 18.9 Å². The number of carbonyl (C=O) groups excluding carboxylic acids is 5. The summed E-state index contributed by atoms with van der Waals surface area (Å²) in [5.74, 6) is -3.77. The number of esters is 2. The third-order valence-corrected chi connectivity index (χ3v) is 24.1. The van der Waals surface area contributed by atoms with Crippen molar-refractivity contribution in [3.8, 4) is 0 Å². The van der Waals surface area contributed by atoms with Gasteiger partial charge in [-0.2, -0.15) is 0 Å². The third kappa shape index (κ3) is 28.4. The summed E-state index contributed by atoms with van der Waals surface area (Å²) in [5.41, 5.74) is 18.5. The van der Waals surface area contributed by atoms with Gasteiger partial charge in [-0.15, -0.1) is 0 Å². The van der Waals surface area contributed by atoms with Crippen molar-refractivity contribution in [3.63, 3.8) is 0 Å². The van der Waals surface area contributed by atoms with Crippen LogP contribution >= 0.6 is 16.9 Å². The number of nitrogens with one attached hydrogen (secondary N) is 1. The van der Waals surface area contributed by atoms with Crippen molar-refractivity contribution < 1.29 is 130 Å². The molecule has 0 spiro atoms. The monoisotopic (exact) mass is 1670 g/mol. The van der Waals surface area contributed by atoms with Crippen LogP contribution in [0.5, 0.6) is 0 Å². The molecule has 24 atom stereocenters. The van der Waals surface area contributed by atoms with Gasteiger partial charge < -0.3 is 105 Å². The Hall–Kier alpha value is -4.88. The summed E-state index contributed by atoms with van der Waals surface area (Å²) < 4.78 is 98.2. The number of nitrogens with zero attached hydrogens (tertiary/aromatic N) is 11. The van der Waals surface area contributed by atoms with Crippen LogP contribution in [0.2, 0.25) is 0 Å². The zero-order valence-corrected chi connectivity index (χ0v) is 77.1. The number of hydrogen-bond donors (Lipinski definition) is 4. The number of ether oxygens (including phenoxy) is 12. The molecule has 647 valence electrons. The Morgan fingerprint density at radius 1 is 0.670 bits per heavy atom. The standard InChI is InChI=1S/C38H67N6O10P.C25H42NO8P.C13H25N5O3.CN.B.Na/c1-14-28(45)38(10)31(44(35(47)54-38)18-16-15-17-41-42-39)26(6)40-21-22(2)20-37(9,49-13)32(24(4)29-25(5)33(46)53-36(7,8)52-29)51-34-30(55-48)27(43(11)12)19-23(3)50-34;1-14(13-27)12-25(7,30-10)21(16(3)19-17(4)22(28)34-24(5,6)33-19)32-23-20(35-29)18(26(8)9)11-15(2)31-23;1-4-10(19)13(3)11(9(2)14)18(12(20)21-13)8-6-5-7-16-17-15;1-2;;/h22-24,26-28,30-32,34,40,45H,14-21H2,1-13H3;13-16,18,20-21,23H,11-12H2,1-10H3;9-11,19H,4-8,14H2,1-3H3;;;/q;;;-1;;+1/t22-,23?,24+,26-,27?,28-,30?,31-,32-,34+,37-,38-;14-,15?,16+,18?,20?,21-,23+,25-;9-,10-,11-,13-;;;/m111.../s1. The van der Waals surface area contributed by atoms with Crippen molar-refractivity contribution in [3.05, 3.63) is 50.1 Å². The van der Waals surface area contributed by atoms with E-state index in [1.165, 1.54) is 0 Å². The molecule has 3 radical (unpaired) electrons. The quantitative estimate of drug-likeness (QED) is 0.00426. The number of rotatable bonds is 40. The van der Waals surface area contributed by atoms with Crippen molar-refractivity contribution in [2.24, 2.45) is 39.6 Å². The van der Waals surface area contributed by atoms with E-state index in [9.17, 15) is 43.3 Å². The zero-order chi connectivity index (χ0) is 86.2. The van der Waals surface area contributed by atoms with Gasteiger partial charge in [0.2, 0.25) is 11.6 Å². The van der Waals surface area contributed by atoms with Crippen molar-refractivity contribution in [1.82, 2.24) is 24.9 Å². The van der Waals surface area contributed by atoms with E-state index in [4.69, 9.17) is 85.5 Å². The molecule has 5 N–H and O–H groups in total. The van der Waals surface area contributed by atoms with Gasteiger partial charge in [0.15, 0.2) is 40.7 Å². The third-order valence-electron chi connectivity index (χ3n) is 22.4. The fourth-order valence-corrected chi connectivity index (χ4v) is 18.1. The molecule has 6 aliphatic rings. The number of aldehydes is 1. The van der Waals surface area contributed by atoms with Crippen molar-refractivity contribution in [2.75, 3.05) is 75.1 Å². The molecule has 38 heteroatoms. The van der Waals surface area contributed by atoms with Crippen LogP contribution in [0.15, 0.2) is 32.9 Å². The molecular formula is C77H134BN13NaO21P2. The Labute approximate surface area is 709 Å². The molecule has 0 aliphatic carbocycles.